The third-order valence-electron chi connectivity index (χ3n) is 4.13. The average molecular weight is 386 g/mol. The SMILES string of the molecule is Cl.Cl.Nc1cc(CCCNC(=O)C2CCNC2)nn1-c1ccccc1. The van der Waals surface area contributed by atoms with E-state index in [0.717, 1.165) is 43.7 Å². The average Bonchev–Trinajstić information content (AvgIpc) is 3.22. The van der Waals surface area contributed by atoms with Crippen LogP contribution in [0.1, 0.15) is 18.5 Å². The highest BCUT2D eigenvalue weighted by Crippen LogP contribution is 2.15. The minimum absolute atomic E-state index is 0. The smallest absolute Gasteiger partial charge is 0.224 e. The van der Waals surface area contributed by atoms with E-state index in [-0.39, 0.29) is 36.6 Å². The second-order valence-corrected chi connectivity index (χ2v) is 5.89. The van der Waals surface area contributed by atoms with Crippen LogP contribution in [0.3, 0.4) is 0 Å². The lowest BCUT2D eigenvalue weighted by molar-refractivity contribution is -0.124. The topological polar surface area (TPSA) is 85.0 Å². The monoisotopic (exact) mass is 385 g/mol. The van der Waals surface area contributed by atoms with Crippen molar-refractivity contribution < 1.29 is 4.79 Å². The van der Waals surface area contributed by atoms with Gasteiger partial charge in [-0.3, -0.25) is 4.79 Å². The number of nitrogen functional groups attached to an aromatic ring is 1. The lowest BCUT2D eigenvalue weighted by Crippen LogP contribution is -2.32. The van der Waals surface area contributed by atoms with Gasteiger partial charge < -0.3 is 16.4 Å². The Labute approximate surface area is 160 Å². The molecule has 1 saturated heterocycles. The normalized spacial score (nSPS) is 15.9. The Morgan fingerprint density at radius 2 is 2.08 bits per heavy atom. The molecule has 0 spiro atoms. The zero-order valence-corrected chi connectivity index (χ0v) is 15.6. The van der Waals surface area contributed by atoms with Gasteiger partial charge in [-0.05, 0) is 37.9 Å². The molecule has 6 nitrogen and oxygen atoms in total. The van der Waals surface area contributed by atoms with Crippen molar-refractivity contribution in [1.29, 1.82) is 0 Å². The van der Waals surface area contributed by atoms with Crippen molar-refractivity contribution in [3.8, 4) is 5.69 Å². The number of carbonyl (C=O) groups is 1. The number of nitrogens with two attached hydrogens (primary N) is 1. The zero-order chi connectivity index (χ0) is 16.1. The van der Waals surface area contributed by atoms with Crippen molar-refractivity contribution in [3.05, 3.63) is 42.1 Å². The molecule has 1 aliphatic heterocycles. The number of aryl methyl sites for hydroxylation is 1. The van der Waals surface area contributed by atoms with Crippen molar-refractivity contribution in [2.24, 2.45) is 5.92 Å². The van der Waals surface area contributed by atoms with E-state index < -0.39 is 0 Å². The van der Waals surface area contributed by atoms with Crippen LogP contribution in [0, 0.1) is 5.92 Å². The molecule has 1 atom stereocenters. The van der Waals surface area contributed by atoms with Gasteiger partial charge in [-0.15, -0.1) is 24.8 Å². The highest BCUT2D eigenvalue weighted by molar-refractivity contribution is 5.85. The molecular weight excluding hydrogens is 361 g/mol. The third-order valence-corrected chi connectivity index (χ3v) is 4.13. The summed E-state index contributed by atoms with van der Waals surface area (Å²) in [4.78, 5) is 11.9. The maximum atomic E-state index is 11.9. The first-order chi connectivity index (χ1) is 11.2. The van der Waals surface area contributed by atoms with Crippen molar-refractivity contribution in [2.75, 3.05) is 25.4 Å². The van der Waals surface area contributed by atoms with Crippen LogP contribution in [0.5, 0.6) is 0 Å². The predicted molar refractivity (Wildman–Crippen MR) is 105 cm³/mol. The van der Waals surface area contributed by atoms with Crippen LogP contribution in [0.4, 0.5) is 5.82 Å². The number of amides is 1. The molecule has 0 bridgehead atoms. The second kappa shape index (κ2) is 10.3. The number of hydrogen-bond donors (Lipinski definition) is 3. The van der Waals surface area contributed by atoms with E-state index in [4.69, 9.17) is 5.73 Å². The number of nitrogens with one attached hydrogen (secondary N) is 2. The first kappa shape index (κ1) is 21.3. The number of halogens is 2. The summed E-state index contributed by atoms with van der Waals surface area (Å²) in [5, 5.41) is 10.8. The predicted octanol–water partition coefficient (Wildman–Crippen LogP) is 1.96. The minimum atomic E-state index is 0. The molecule has 1 unspecified atom stereocenters. The number of aromatic nitrogens is 2. The molecule has 1 fully saturated rings. The zero-order valence-electron chi connectivity index (χ0n) is 14.0. The number of rotatable bonds is 6. The van der Waals surface area contributed by atoms with Crippen LogP contribution >= 0.6 is 24.8 Å². The van der Waals surface area contributed by atoms with Crippen LogP contribution in [-0.2, 0) is 11.2 Å². The van der Waals surface area contributed by atoms with Crippen LogP contribution in [0.25, 0.3) is 5.69 Å². The summed E-state index contributed by atoms with van der Waals surface area (Å²) >= 11 is 0. The van der Waals surface area contributed by atoms with E-state index in [0.29, 0.717) is 12.4 Å². The number of carbonyl (C=O) groups excluding carboxylic acids is 1. The van der Waals surface area contributed by atoms with Crippen molar-refractivity contribution >= 4 is 36.5 Å². The largest absolute Gasteiger partial charge is 0.384 e. The van der Waals surface area contributed by atoms with Crippen molar-refractivity contribution in [3.63, 3.8) is 0 Å². The molecule has 4 N–H and O–H groups in total. The Morgan fingerprint density at radius 1 is 1.32 bits per heavy atom. The maximum absolute atomic E-state index is 11.9. The van der Waals surface area contributed by atoms with Crippen molar-refractivity contribution in [1.82, 2.24) is 20.4 Å². The number of hydrogen-bond acceptors (Lipinski definition) is 4. The van der Waals surface area contributed by atoms with Crippen LogP contribution in [0.2, 0.25) is 0 Å². The summed E-state index contributed by atoms with van der Waals surface area (Å²) in [6.45, 7) is 2.41. The Kier molecular flexibility index (Phi) is 8.75. The fourth-order valence-electron chi connectivity index (χ4n) is 2.85. The molecule has 0 radical (unpaired) electrons. The van der Waals surface area contributed by atoms with Crippen molar-refractivity contribution in [2.45, 2.75) is 19.3 Å². The summed E-state index contributed by atoms with van der Waals surface area (Å²) in [6, 6.07) is 11.7. The molecule has 0 aliphatic carbocycles. The summed E-state index contributed by atoms with van der Waals surface area (Å²) in [7, 11) is 0. The second-order valence-electron chi connectivity index (χ2n) is 5.89. The van der Waals surface area contributed by atoms with Gasteiger partial charge in [0.15, 0.2) is 0 Å². The molecule has 1 aliphatic rings. The highest BCUT2D eigenvalue weighted by atomic mass is 35.5. The quantitative estimate of drug-likeness (QED) is 0.663. The van der Waals surface area contributed by atoms with Gasteiger partial charge in [0.05, 0.1) is 17.3 Å². The standard InChI is InChI=1S/C17H23N5O.2ClH/c18-16-11-14(21-22(16)15-6-2-1-3-7-15)5-4-9-20-17(23)13-8-10-19-12-13;;/h1-3,6-7,11,13,19H,4-5,8-10,12,18H2,(H,20,23);2*1H. The summed E-state index contributed by atoms with van der Waals surface area (Å²) < 4.78 is 1.75. The molecular formula is C17H25Cl2N5O. The van der Waals surface area contributed by atoms with E-state index in [2.05, 4.69) is 15.7 Å². The highest BCUT2D eigenvalue weighted by Gasteiger charge is 2.21. The number of nitrogens with zero attached hydrogens (tertiary/aromatic N) is 2. The number of benzene rings is 1. The number of anilines is 1. The molecule has 1 aromatic carbocycles. The lowest BCUT2D eigenvalue weighted by atomic mass is 10.1. The van der Waals surface area contributed by atoms with Crippen LogP contribution in [0.15, 0.2) is 36.4 Å². The molecule has 8 heteroatoms. The fraction of sp³-hybridized carbons (Fsp3) is 0.412. The van der Waals surface area contributed by atoms with Gasteiger partial charge in [0.1, 0.15) is 5.82 Å². The maximum Gasteiger partial charge on any atom is 0.224 e. The molecule has 2 aromatic rings. The van der Waals surface area contributed by atoms with Gasteiger partial charge in [0, 0.05) is 19.2 Å². The van der Waals surface area contributed by atoms with Crippen LogP contribution < -0.4 is 16.4 Å². The van der Waals surface area contributed by atoms with Gasteiger partial charge in [0.25, 0.3) is 0 Å². The molecule has 1 aromatic heterocycles. The first-order valence-electron chi connectivity index (χ1n) is 8.12. The lowest BCUT2D eigenvalue weighted by Gasteiger charge is -2.09. The van der Waals surface area contributed by atoms with E-state index in [9.17, 15) is 4.79 Å². The Morgan fingerprint density at radius 3 is 2.76 bits per heavy atom. The van der Waals surface area contributed by atoms with E-state index in [1.54, 1.807) is 4.68 Å². The van der Waals surface area contributed by atoms with Gasteiger partial charge in [-0.1, -0.05) is 18.2 Å². The Hall–Kier alpha value is -1.76. The number of para-hydroxylation sites is 1. The Bertz CT molecular complexity index is 656. The summed E-state index contributed by atoms with van der Waals surface area (Å²) in [5.74, 6) is 0.916. The summed E-state index contributed by atoms with van der Waals surface area (Å²) in [6.07, 6.45) is 2.59. The van der Waals surface area contributed by atoms with E-state index in [1.807, 2.05) is 36.4 Å². The van der Waals surface area contributed by atoms with Gasteiger partial charge in [-0.25, -0.2) is 4.68 Å². The molecule has 3 rings (SSSR count). The molecule has 2 heterocycles. The first-order valence-corrected chi connectivity index (χ1v) is 8.12. The third kappa shape index (κ3) is 5.63. The van der Waals surface area contributed by atoms with Gasteiger partial charge >= 0.3 is 0 Å². The van der Waals surface area contributed by atoms with E-state index >= 15 is 0 Å². The Balaban J connectivity index is 0.00000156. The van der Waals surface area contributed by atoms with Gasteiger partial charge in [0.2, 0.25) is 5.91 Å². The molecule has 25 heavy (non-hydrogen) atoms. The fourth-order valence-corrected chi connectivity index (χ4v) is 2.85. The minimum Gasteiger partial charge on any atom is -0.384 e. The molecule has 1 amide bonds. The van der Waals surface area contributed by atoms with Gasteiger partial charge in [-0.2, -0.15) is 5.10 Å². The summed E-state index contributed by atoms with van der Waals surface area (Å²) in [5.41, 5.74) is 7.94. The van der Waals surface area contributed by atoms with E-state index in [1.165, 1.54) is 0 Å². The van der Waals surface area contributed by atoms with Crippen LogP contribution in [-0.4, -0.2) is 35.3 Å². The molecule has 0 saturated carbocycles. The molecule has 138 valence electrons.